The van der Waals surface area contributed by atoms with Crippen LogP contribution in [0.2, 0.25) is 0 Å². The second-order valence-corrected chi connectivity index (χ2v) is 8.20. The highest BCUT2D eigenvalue weighted by Gasteiger charge is 2.40. The molecule has 0 saturated heterocycles. The van der Waals surface area contributed by atoms with E-state index >= 15 is 0 Å². The quantitative estimate of drug-likeness (QED) is 0.406. The van der Waals surface area contributed by atoms with Crippen molar-refractivity contribution in [1.82, 2.24) is 9.80 Å². The van der Waals surface area contributed by atoms with Gasteiger partial charge >= 0.3 is 0 Å². The highest BCUT2D eigenvalue weighted by molar-refractivity contribution is 6.01. The van der Waals surface area contributed by atoms with Crippen molar-refractivity contribution < 1.29 is 23.6 Å². The maximum absolute atomic E-state index is 13.7. The van der Waals surface area contributed by atoms with Crippen LogP contribution in [-0.4, -0.2) is 60.6 Å². The van der Waals surface area contributed by atoms with Gasteiger partial charge in [0.2, 0.25) is 12.3 Å². The minimum absolute atomic E-state index is 0.198. The second-order valence-electron chi connectivity index (χ2n) is 8.20. The van der Waals surface area contributed by atoms with Gasteiger partial charge in [-0.05, 0) is 50.0 Å². The molecule has 0 heterocycles. The van der Waals surface area contributed by atoms with Crippen LogP contribution >= 0.6 is 0 Å². The number of halogens is 1. The molecule has 3 amide bonds. The molecule has 2 atom stereocenters. The molecular weight excluding hydrogens is 387 g/mol. The van der Waals surface area contributed by atoms with Gasteiger partial charge in [-0.3, -0.25) is 24.1 Å². The maximum atomic E-state index is 13.7. The number of carbonyl (C=O) groups excluding carboxylic acids is 4. The normalized spacial score (nSPS) is 20.6. The molecule has 0 aromatic heterocycles. The Morgan fingerprint density at radius 2 is 1.90 bits per heavy atom. The molecule has 1 aromatic rings. The molecule has 2 rings (SSSR count). The molecule has 1 fully saturated rings. The molecule has 1 aliphatic carbocycles. The summed E-state index contributed by atoms with van der Waals surface area (Å²) in [5, 5.41) is 0. The molecule has 1 aliphatic rings. The Morgan fingerprint density at radius 1 is 1.20 bits per heavy atom. The van der Waals surface area contributed by atoms with Crippen molar-refractivity contribution in [3.05, 3.63) is 35.4 Å². The van der Waals surface area contributed by atoms with Gasteiger partial charge in [0.25, 0.3) is 5.91 Å². The summed E-state index contributed by atoms with van der Waals surface area (Å²) >= 11 is 0. The number of carbonyl (C=O) groups is 4. The Balaban J connectivity index is 1.81. The molecule has 1 aromatic carbocycles. The minimum Gasteiger partial charge on any atom is -0.342 e. The molecule has 0 bridgehead atoms. The standard InChI is InChI=1S/C23H31FN2O4/c1-3-23(11-10-19(24)14-23)15-21(29)26(17-28)13-7-6-12-25(2)22(30)20-9-5-4-8-18(20)16-27/h4-5,8-9,16-17,19H,3,6-7,10-15H2,1-2H3. The fourth-order valence-electron chi connectivity index (χ4n) is 4.13. The molecular formula is C23H31FN2O4. The van der Waals surface area contributed by atoms with E-state index in [2.05, 4.69) is 0 Å². The Labute approximate surface area is 177 Å². The zero-order valence-corrected chi connectivity index (χ0v) is 17.8. The SMILES string of the molecule is CCC1(CC(=O)N(C=O)CCCCN(C)C(=O)c2ccccc2C=O)CCC(F)C1. The van der Waals surface area contributed by atoms with Gasteiger partial charge in [0.15, 0.2) is 6.29 Å². The third-order valence-electron chi connectivity index (χ3n) is 6.17. The number of alkyl halides is 1. The number of amides is 3. The molecule has 0 N–H and O–H groups in total. The van der Waals surface area contributed by atoms with Gasteiger partial charge in [-0.15, -0.1) is 0 Å². The predicted molar refractivity (Wildman–Crippen MR) is 112 cm³/mol. The maximum Gasteiger partial charge on any atom is 0.254 e. The topological polar surface area (TPSA) is 74.8 Å². The van der Waals surface area contributed by atoms with Crippen LogP contribution in [0.3, 0.4) is 0 Å². The first-order chi connectivity index (χ1) is 14.4. The zero-order valence-electron chi connectivity index (χ0n) is 17.8. The van der Waals surface area contributed by atoms with Crippen LogP contribution in [0.5, 0.6) is 0 Å². The highest BCUT2D eigenvalue weighted by atomic mass is 19.1. The number of benzene rings is 1. The van der Waals surface area contributed by atoms with Gasteiger partial charge in [-0.2, -0.15) is 0 Å². The average Bonchev–Trinajstić information content (AvgIpc) is 3.13. The van der Waals surface area contributed by atoms with E-state index in [-0.39, 0.29) is 30.2 Å². The number of hydrogen-bond acceptors (Lipinski definition) is 4. The van der Waals surface area contributed by atoms with E-state index in [1.165, 1.54) is 9.80 Å². The van der Waals surface area contributed by atoms with Crippen LogP contribution in [0.15, 0.2) is 24.3 Å². The van der Waals surface area contributed by atoms with Crippen LogP contribution in [0, 0.1) is 5.41 Å². The molecule has 1 saturated carbocycles. The van der Waals surface area contributed by atoms with Crippen LogP contribution in [0.4, 0.5) is 4.39 Å². The highest BCUT2D eigenvalue weighted by Crippen LogP contribution is 2.45. The summed E-state index contributed by atoms with van der Waals surface area (Å²) in [6.45, 7) is 2.68. The van der Waals surface area contributed by atoms with Crippen molar-refractivity contribution in [2.75, 3.05) is 20.1 Å². The van der Waals surface area contributed by atoms with Crippen molar-refractivity contribution in [2.24, 2.45) is 5.41 Å². The minimum atomic E-state index is -0.861. The van der Waals surface area contributed by atoms with E-state index in [9.17, 15) is 23.6 Å². The van der Waals surface area contributed by atoms with E-state index < -0.39 is 6.17 Å². The predicted octanol–water partition coefficient (Wildman–Crippen LogP) is 3.64. The number of hydrogen-bond donors (Lipinski definition) is 0. The van der Waals surface area contributed by atoms with Crippen molar-refractivity contribution in [1.29, 1.82) is 0 Å². The van der Waals surface area contributed by atoms with Crippen LogP contribution in [0.25, 0.3) is 0 Å². The van der Waals surface area contributed by atoms with Gasteiger partial charge in [0.1, 0.15) is 6.17 Å². The van der Waals surface area contributed by atoms with Crippen molar-refractivity contribution >= 4 is 24.5 Å². The van der Waals surface area contributed by atoms with E-state index in [1.54, 1.807) is 31.3 Å². The first-order valence-corrected chi connectivity index (χ1v) is 10.5. The lowest BCUT2D eigenvalue weighted by Gasteiger charge is -2.28. The lowest BCUT2D eigenvalue weighted by atomic mass is 9.79. The van der Waals surface area contributed by atoms with E-state index in [1.807, 2.05) is 6.92 Å². The molecule has 2 unspecified atom stereocenters. The Morgan fingerprint density at radius 3 is 2.50 bits per heavy atom. The fraction of sp³-hybridized carbons (Fsp3) is 0.565. The number of aldehydes is 1. The summed E-state index contributed by atoms with van der Waals surface area (Å²) in [4.78, 5) is 50.3. The lowest BCUT2D eigenvalue weighted by molar-refractivity contribution is -0.140. The van der Waals surface area contributed by atoms with E-state index in [4.69, 9.17) is 0 Å². The summed E-state index contributed by atoms with van der Waals surface area (Å²) in [7, 11) is 1.66. The number of nitrogens with zero attached hydrogens (tertiary/aromatic N) is 2. The van der Waals surface area contributed by atoms with Crippen molar-refractivity contribution in [3.63, 3.8) is 0 Å². The molecule has 7 heteroatoms. The third kappa shape index (κ3) is 5.97. The van der Waals surface area contributed by atoms with Crippen molar-refractivity contribution in [3.8, 4) is 0 Å². The van der Waals surface area contributed by atoms with E-state index in [0.717, 1.165) is 6.42 Å². The Bertz CT molecular complexity index is 769. The summed E-state index contributed by atoms with van der Waals surface area (Å²) in [5.41, 5.74) is 0.364. The number of imide groups is 1. The molecule has 0 radical (unpaired) electrons. The summed E-state index contributed by atoms with van der Waals surface area (Å²) < 4.78 is 13.7. The van der Waals surface area contributed by atoms with Crippen molar-refractivity contribution in [2.45, 2.75) is 58.0 Å². The Kier molecular flexibility index (Phi) is 8.69. The third-order valence-corrected chi connectivity index (χ3v) is 6.17. The van der Waals surface area contributed by atoms with E-state index in [0.29, 0.717) is 62.5 Å². The lowest BCUT2D eigenvalue weighted by Crippen LogP contribution is -2.35. The second kappa shape index (κ2) is 11.0. The average molecular weight is 419 g/mol. The molecule has 0 aliphatic heterocycles. The number of unbranched alkanes of at least 4 members (excludes halogenated alkanes) is 1. The molecule has 30 heavy (non-hydrogen) atoms. The molecule has 164 valence electrons. The van der Waals surface area contributed by atoms with Gasteiger partial charge in [-0.1, -0.05) is 25.1 Å². The van der Waals surface area contributed by atoms with Crippen LogP contribution in [-0.2, 0) is 9.59 Å². The first-order valence-electron chi connectivity index (χ1n) is 10.5. The fourth-order valence-corrected chi connectivity index (χ4v) is 4.13. The first kappa shape index (κ1) is 23.7. The number of rotatable bonds is 11. The molecule has 0 spiro atoms. The summed E-state index contributed by atoms with van der Waals surface area (Å²) in [5.74, 6) is -0.502. The molecule has 6 nitrogen and oxygen atoms in total. The van der Waals surface area contributed by atoms with Gasteiger partial charge in [0.05, 0.1) is 5.56 Å². The summed E-state index contributed by atoms with van der Waals surface area (Å²) in [6, 6.07) is 6.62. The smallest absolute Gasteiger partial charge is 0.254 e. The monoisotopic (exact) mass is 418 g/mol. The van der Waals surface area contributed by atoms with Crippen LogP contribution in [0.1, 0.15) is 72.6 Å². The zero-order chi connectivity index (χ0) is 22.1. The van der Waals surface area contributed by atoms with Gasteiger partial charge in [-0.25, -0.2) is 4.39 Å². The largest absolute Gasteiger partial charge is 0.342 e. The van der Waals surface area contributed by atoms with Crippen LogP contribution < -0.4 is 0 Å². The summed E-state index contributed by atoms with van der Waals surface area (Å²) in [6.07, 6.45) is 3.97. The Hall–Kier alpha value is -2.57. The van der Waals surface area contributed by atoms with Gasteiger partial charge < -0.3 is 4.90 Å². The van der Waals surface area contributed by atoms with Gasteiger partial charge in [0, 0.05) is 32.1 Å².